The molecule has 5 nitrogen and oxygen atoms in total. The van der Waals surface area contributed by atoms with Crippen molar-refractivity contribution in [3.8, 4) is 0 Å². The van der Waals surface area contributed by atoms with Gasteiger partial charge in [-0.3, -0.25) is 9.59 Å². The van der Waals surface area contributed by atoms with Crippen LogP contribution in [0.3, 0.4) is 0 Å². The number of nitrogens with zero attached hydrogens (tertiary/aromatic N) is 2. The summed E-state index contributed by atoms with van der Waals surface area (Å²) >= 11 is 4.71. The maximum atomic E-state index is 12.0. The summed E-state index contributed by atoms with van der Waals surface area (Å²) < 4.78 is 0.906. The topological polar surface area (TPSA) is 70.5 Å². The lowest BCUT2D eigenvalue weighted by atomic mass is 9.97. The number of halogens is 1. The molecule has 0 unspecified atom stereocenters. The van der Waals surface area contributed by atoms with Gasteiger partial charge in [-0.2, -0.15) is 0 Å². The summed E-state index contributed by atoms with van der Waals surface area (Å²) in [5.41, 5.74) is 0. The molecule has 1 aliphatic heterocycles. The van der Waals surface area contributed by atoms with Crippen LogP contribution in [0.5, 0.6) is 0 Å². The Morgan fingerprint density at radius 3 is 2.65 bits per heavy atom. The minimum Gasteiger partial charge on any atom is -0.481 e. The molecule has 1 saturated heterocycles. The predicted molar refractivity (Wildman–Crippen MR) is 79.6 cm³/mol. The molecule has 0 aromatic carbocycles. The standard InChI is InChI=1S/C13H15BrN2O3S/c14-10-1-2-11(15-7-10)20-8-12(17)16-5-3-9(4-6-16)13(18)19/h1-2,7,9H,3-6,8H2,(H,18,19). The van der Waals surface area contributed by atoms with Gasteiger partial charge in [-0.1, -0.05) is 11.8 Å². The monoisotopic (exact) mass is 358 g/mol. The molecule has 1 aromatic rings. The Balaban J connectivity index is 1.78. The average molecular weight is 359 g/mol. The molecule has 0 spiro atoms. The van der Waals surface area contributed by atoms with Gasteiger partial charge < -0.3 is 10.0 Å². The fourth-order valence-electron chi connectivity index (χ4n) is 2.05. The Hall–Kier alpha value is -1.08. The van der Waals surface area contributed by atoms with Gasteiger partial charge in [-0.25, -0.2) is 4.98 Å². The molecule has 7 heteroatoms. The normalized spacial score (nSPS) is 16.1. The number of likely N-dealkylation sites (tertiary alicyclic amines) is 1. The van der Waals surface area contributed by atoms with Gasteiger partial charge in [0.25, 0.3) is 0 Å². The second kappa shape index (κ2) is 7.08. The zero-order valence-corrected chi connectivity index (χ0v) is 13.2. The van der Waals surface area contributed by atoms with E-state index in [-0.39, 0.29) is 11.8 Å². The first-order valence-corrected chi connectivity index (χ1v) is 8.09. The highest BCUT2D eigenvalue weighted by atomic mass is 79.9. The minimum absolute atomic E-state index is 0.0450. The summed E-state index contributed by atoms with van der Waals surface area (Å²) in [6.45, 7) is 1.06. The maximum absolute atomic E-state index is 12.0. The second-order valence-electron chi connectivity index (χ2n) is 4.60. The van der Waals surface area contributed by atoms with Crippen LogP contribution in [-0.2, 0) is 9.59 Å². The molecule has 1 aromatic heterocycles. The zero-order chi connectivity index (χ0) is 14.5. The summed E-state index contributed by atoms with van der Waals surface area (Å²) in [6, 6.07) is 3.75. The van der Waals surface area contributed by atoms with E-state index >= 15 is 0 Å². The van der Waals surface area contributed by atoms with E-state index in [1.54, 1.807) is 11.1 Å². The second-order valence-corrected chi connectivity index (χ2v) is 6.51. The third kappa shape index (κ3) is 4.21. The Labute approximate surface area is 129 Å². The van der Waals surface area contributed by atoms with Crippen LogP contribution in [0.4, 0.5) is 0 Å². The molecule has 108 valence electrons. The molecule has 1 fully saturated rings. The molecule has 1 aliphatic rings. The van der Waals surface area contributed by atoms with Crippen LogP contribution in [0.15, 0.2) is 27.8 Å². The molecule has 1 N–H and O–H groups in total. The highest BCUT2D eigenvalue weighted by Crippen LogP contribution is 2.21. The van der Waals surface area contributed by atoms with E-state index in [0.29, 0.717) is 31.7 Å². The third-order valence-corrected chi connectivity index (χ3v) is 4.64. The van der Waals surface area contributed by atoms with Gasteiger partial charge in [0.05, 0.1) is 16.7 Å². The van der Waals surface area contributed by atoms with Crippen molar-refractivity contribution in [3.05, 3.63) is 22.8 Å². The Kier molecular flexibility index (Phi) is 5.42. The lowest BCUT2D eigenvalue weighted by Crippen LogP contribution is -2.41. The van der Waals surface area contributed by atoms with Crippen molar-refractivity contribution >= 4 is 39.6 Å². The predicted octanol–water partition coefficient (Wildman–Crippen LogP) is 2.26. The van der Waals surface area contributed by atoms with E-state index in [9.17, 15) is 9.59 Å². The number of carboxylic acid groups (broad SMARTS) is 1. The smallest absolute Gasteiger partial charge is 0.306 e. The summed E-state index contributed by atoms with van der Waals surface area (Å²) in [5.74, 6) is -0.680. The lowest BCUT2D eigenvalue weighted by Gasteiger charge is -2.30. The molecular formula is C13H15BrN2O3S. The number of rotatable bonds is 4. The van der Waals surface area contributed by atoms with Crippen LogP contribution in [-0.4, -0.2) is 45.7 Å². The number of hydrogen-bond acceptors (Lipinski definition) is 4. The van der Waals surface area contributed by atoms with E-state index in [1.807, 2.05) is 12.1 Å². The Morgan fingerprint density at radius 2 is 2.10 bits per heavy atom. The molecule has 1 amide bonds. The largest absolute Gasteiger partial charge is 0.481 e. The van der Waals surface area contributed by atoms with Gasteiger partial charge in [0.2, 0.25) is 5.91 Å². The molecule has 0 atom stereocenters. The molecule has 2 heterocycles. The number of aliphatic carboxylic acids is 1. The molecule has 0 bridgehead atoms. The number of carboxylic acids is 1. The van der Waals surface area contributed by atoms with E-state index in [2.05, 4.69) is 20.9 Å². The van der Waals surface area contributed by atoms with Crippen LogP contribution in [0.2, 0.25) is 0 Å². The van der Waals surface area contributed by atoms with Crippen LogP contribution in [0.25, 0.3) is 0 Å². The minimum atomic E-state index is -0.759. The number of thioether (sulfide) groups is 1. The molecule has 0 radical (unpaired) electrons. The van der Waals surface area contributed by atoms with Gasteiger partial charge in [0.1, 0.15) is 0 Å². The van der Waals surface area contributed by atoms with Gasteiger partial charge in [0.15, 0.2) is 0 Å². The van der Waals surface area contributed by atoms with Gasteiger partial charge in [-0.15, -0.1) is 0 Å². The van der Waals surface area contributed by atoms with Crippen molar-refractivity contribution in [2.24, 2.45) is 5.92 Å². The number of carbonyl (C=O) groups is 2. The zero-order valence-electron chi connectivity index (χ0n) is 10.8. The number of piperidine rings is 1. The number of hydrogen-bond donors (Lipinski definition) is 1. The fraction of sp³-hybridized carbons (Fsp3) is 0.462. The summed E-state index contributed by atoms with van der Waals surface area (Å²) in [7, 11) is 0. The van der Waals surface area contributed by atoms with E-state index in [0.717, 1.165) is 9.50 Å². The fourth-order valence-corrected chi connectivity index (χ4v) is 3.03. The molecule has 0 aliphatic carbocycles. The summed E-state index contributed by atoms with van der Waals surface area (Å²) in [4.78, 5) is 28.8. The van der Waals surface area contributed by atoms with Crippen molar-refractivity contribution in [2.45, 2.75) is 17.9 Å². The van der Waals surface area contributed by atoms with Crippen molar-refractivity contribution < 1.29 is 14.7 Å². The van der Waals surface area contributed by atoms with Gasteiger partial charge in [0, 0.05) is 23.8 Å². The van der Waals surface area contributed by atoms with E-state index in [1.165, 1.54) is 11.8 Å². The first kappa shape index (κ1) is 15.3. The molecule has 2 rings (SSSR count). The first-order valence-electron chi connectivity index (χ1n) is 6.31. The van der Waals surface area contributed by atoms with Crippen molar-refractivity contribution in [1.29, 1.82) is 0 Å². The number of aromatic nitrogens is 1. The highest BCUT2D eigenvalue weighted by Gasteiger charge is 2.26. The van der Waals surface area contributed by atoms with Gasteiger partial charge in [-0.05, 0) is 40.9 Å². The maximum Gasteiger partial charge on any atom is 0.306 e. The SMILES string of the molecule is O=C(O)C1CCN(C(=O)CSc2ccc(Br)cn2)CC1. The van der Waals surface area contributed by atoms with E-state index in [4.69, 9.17) is 5.11 Å². The Bertz CT molecular complexity index is 487. The van der Waals surface area contributed by atoms with Crippen LogP contribution < -0.4 is 0 Å². The lowest BCUT2D eigenvalue weighted by molar-refractivity contribution is -0.145. The van der Waals surface area contributed by atoms with Crippen LogP contribution >= 0.6 is 27.7 Å². The third-order valence-electron chi connectivity index (χ3n) is 3.24. The van der Waals surface area contributed by atoms with E-state index < -0.39 is 5.97 Å². The average Bonchev–Trinajstić information content (AvgIpc) is 2.46. The number of carbonyl (C=O) groups excluding carboxylic acids is 1. The number of amides is 1. The number of pyridine rings is 1. The van der Waals surface area contributed by atoms with Gasteiger partial charge >= 0.3 is 5.97 Å². The summed E-state index contributed by atoms with van der Waals surface area (Å²) in [6.07, 6.45) is 2.79. The first-order chi connectivity index (χ1) is 9.56. The van der Waals surface area contributed by atoms with Crippen LogP contribution in [0, 0.1) is 5.92 Å². The summed E-state index contributed by atoms with van der Waals surface area (Å²) in [5, 5.41) is 9.73. The molecular weight excluding hydrogens is 344 g/mol. The van der Waals surface area contributed by atoms with Crippen molar-refractivity contribution in [3.63, 3.8) is 0 Å². The van der Waals surface area contributed by atoms with Crippen LogP contribution in [0.1, 0.15) is 12.8 Å². The quantitative estimate of drug-likeness (QED) is 0.835. The Morgan fingerprint density at radius 1 is 1.40 bits per heavy atom. The molecule has 20 heavy (non-hydrogen) atoms. The van der Waals surface area contributed by atoms with Crippen molar-refractivity contribution in [1.82, 2.24) is 9.88 Å². The highest BCUT2D eigenvalue weighted by molar-refractivity contribution is 9.10. The molecule has 0 saturated carbocycles. The van der Waals surface area contributed by atoms with Crippen molar-refractivity contribution in [2.75, 3.05) is 18.8 Å².